The SMILES string of the molecule is O=C1C(N2Cc3ccccc3C2)CCN1c1ccc(Br)cc1. The molecule has 0 radical (unpaired) electrons. The number of carbonyl (C=O) groups is 1. The molecule has 0 aromatic heterocycles. The van der Waals surface area contributed by atoms with E-state index in [0.717, 1.165) is 36.2 Å². The van der Waals surface area contributed by atoms with Gasteiger partial charge >= 0.3 is 0 Å². The number of hydrogen-bond donors (Lipinski definition) is 0. The van der Waals surface area contributed by atoms with Crippen molar-refractivity contribution in [1.82, 2.24) is 4.90 Å². The van der Waals surface area contributed by atoms with E-state index in [2.05, 4.69) is 45.1 Å². The van der Waals surface area contributed by atoms with Crippen LogP contribution in [0.2, 0.25) is 0 Å². The third-order valence-electron chi connectivity index (χ3n) is 4.62. The van der Waals surface area contributed by atoms with Crippen LogP contribution < -0.4 is 4.90 Å². The molecule has 0 N–H and O–H groups in total. The van der Waals surface area contributed by atoms with Gasteiger partial charge in [-0.25, -0.2) is 0 Å². The maximum absolute atomic E-state index is 12.8. The molecule has 0 spiro atoms. The van der Waals surface area contributed by atoms with Gasteiger partial charge in [0.15, 0.2) is 0 Å². The number of anilines is 1. The van der Waals surface area contributed by atoms with Gasteiger partial charge in [0.1, 0.15) is 0 Å². The molecule has 2 aromatic rings. The minimum Gasteiger partial charge on any atom is -0.311 e. The van der Waals surface area contributed by atoms with Gasteiger partial charge in [-0.05, 0) is 41.8 Å². The molecule has 0 aliphatic carbocycles. The van der Waals surface area contributed by atoms with Crippen molar-refractivity contribution in [3.8, 4) is 0 Å². The normalized spacial score (nSPS) is 21.4. The molecular formula is C18H17BrN2O. The van der Waals surface area contributed by atoms with Gasteiger partial charge in [-0.2, -0.15) is 0 Å². The van der Waals surface area contributed by atoms with Gasteiger partial charge in [-0.3, -0.25) is 9.69 Å². The molecule has 1 amide bonds. The maximum atomic E-state index is 12.8. The lowest BCUT2D eigenvalue weighted by atomic mass is 10.1. The molecule has 2 aliphatic rings. The Kier molecular flexibility index (Phi) is 3.51. The van der Waals surface area contributed by atoms with Crippen LogP contribution in [0.1, 0.15) is 17.5 Å². The molecule has 2 aromatic carbocycles. The summed E-state index contributed by atoms with van der Waals surface area (Å²) >= 11 is 3.44. The number of rotatable bonds is 2. The van der Waals surface area contributed by atoms with E-state index in [-0.39, 0.29) is 11.9 Å². The molecule has 4 rings (SSSR count). The minimum atomic E-state index is 0.0102. The third kappa shape index (κ3) is 2.36. The van der Waals surface area contributed by atoms with Gasteiger partial charge in [0.05, 0.1) is 6.04 Å². The number of carbonyl (C=O) groups excluding carboxylic acids is 1. The van der Waals surface area contributed by atoms with Crippen molar-refractivity contribution in [2.24, 2.45) is 0 Å². The Bertz CT molecular complexity index is 688. The van der Waals surface area contributed by atoms with Crippen LogP contribution in [-0.2, 0) is 17.9 Å². The minimum absolute atomic E-state index is 0.0102. The Morgan fingerprint density at radius 3 is 2.23 bits per heavy atom. The average molecular weight is 357 g/mol. The summed E-state index contributed by atoms with van der Waals surface area (Å²) in [6, 6.07) is 16.5. The highest BCUT2D eigenvalue weighted by molar-refractivity contribution is 9.10. The van der Waals surface area contributed by atoms with Crippen LogP contribution >= 0.6 is 15.9 Å². The van der Waals surface area contributed by atoms with Gasteiger partial charge in [-0.15, -0.1) is 0 Å². The fourth-order valence-electron chi connectivity index (χ4n) is 3.46. The molecule has 112 valence electrons. The molecule has 22 heavy (non-hydrogen) atoms. The summed E-state index contributed by atoms with van der Waals surface area (Å²) in [5.41, 5.74) is 3.71. The highest BCUT2D eigenvalue weighted by Gasteiger charge is 2.38. The number of benzene rings is 2. The first-order valence-corrected chi connectivity index (χ1v) is 8.39. The quantitative estimate of drug-likeness (QED) is 0.821. The molecule has 1 saturated heterocycles. The highest BCUT2D eigenvalue weighted by atomic mass is 79.9. The largest absolute Gasteiger partial charge is 0.311 e. The predicted molar refractivity (Wildman–Crippen MR) is 90.6 cm³/mol. The van der Waals surface area contributed by atoms with Crippen LogP contribution in [0.25, 0.3) is 0 Å². The van der Waals surface area contributed by atoms with Crippen LogP contribution in [0, 0.1) is 0 Å². The van der Waals surface area contributed by atoms with E-state index in [0.29, 0.717) is 0 Å². The van der Waals surface area contributed by atoms with E-state index in [9.17, 15) is 4.79 Å². The van der Waals surface area contributed by atoms with Gasteiger partial charge in [0, 0.05) is 29.8 Å². The van der Waals surface area contributed by atoms with Crippen molar-refractivity contribution < 1.29 is 4.79 Å². The van der Waals surface area contributed by atoms with Crippen molar-refractivity contribution in [3.05, 3.63) is 64.1 Å². The molecule has 2 heterocycles. The van der Waals surface area contributed by atoms with Crippen molar-refractivity contribution in [2.45, 2.75) is 25.6 Å². The van der Waals surface area contributed by atoms with Crippen LogP contribution in [0.4, 0.5) is 5.69 Å². The Morgan fingerprint density at radius 1 is 0.955 bits per heavy atom. The number of fused-ring (bicyclic) bond motifs is 1. The number of hydrogen-bond acceptors (Lipinski definition) is 2. The van der Waals surface area contributed by atoms with Crippen LogP contribution in [0.15, 0.2) is 53.0 Å². The monoisotopic (exact) mass is 356 g/mol. The van der Waals surface area contributed by atoms with E-state index in [1.54, 1.807) is 0 Å². The maximum Gasteiger partial charge on any atom is 0.244 e. The smallest absolute Gasteiger partial charge is 0.244 e. The lowest BCUT2D eigenvalue weighted by molar-refractivity contribution is -0.121. The first-order chi connectivity index (χ1) is 10.7. The Morgan fingerprint density at radius 2 is 1.59 bits per heavy atom. The summed E-state index contributed by atoms with van der Waals surface area (Å²) in [5.74, 6) is 0.232. The zero-order chi connectivity index (χ0) is 15.1. The number of halogens is 1. The first kappa shape index (κ1) is 14.0. The summed E-state index contributed by atoms with van der Waals surface area (Å²) in [6.45, 7) is 2.58. The third-order valence-corrected chi connectivity index (χ3v) is 5.15. The van der Waals surface area contributed by atoms with Gasteiger partial charge in [0.25, 0.3) is 0 Å². The average Bonchev–Trinajstić information content (AvgIpc) is 3.11. The standard InChI is InChI=1S/C18H17BrN2O/c19-15-5-7-16(8-6-15)21-10-9-17(18(21)22)20-11-13-3-1-2-4-14(13)12-20/h1-8,17H,9-12H2. The molecule has 1 fully saturated rings. The number of amides is 1. The lowest BCUT2D eigenvalue weighted by Crippen LogP contribution is -2.39. The summed E-state index contributed by atoms with van der Waals surface area (Å²) in [5, 5.41) is 0. The molecule has 1 atom stereocenters. The lowest BCUT2D eigenvalue weighted by Gasteiger charge is -2.23. The molecule has 0 saturated carbocycles. The second kappa shape index (κ2) is 5.52. The van der Waals surface area contributed by atoms with Gasteiger partial charge < -0.3 is 4.90 Å². The molecule has 4 heteroatoms. The summed E-state index contributed by atoms with van der Waals surface area (Å²) in [7, 11) is 0. The Balaban J connectivity index is 1.52. The fourth-order valence-corrected chi connectivity index (χ4v) is 3.73. The van der Waals surface area contributed by atoms with Crippen LogP contribution in [-0.4, -0.2) is 23.4 Å². The van der Waals surface area contributed by atoms with Crippen molar-refractivity contribution in [1.29, 1.82) is 0 Å². The zero-order valence-electron chi connectivity index (χ0n) is 12.2. The van der Waals surface area contributed by atoms with Crippen molar-refractivity contribution in [2.75, 3.05) is 11.4 Å². The van der Waals surface area contributed by atoms with Gasteiger partial charge in [-0.1, -0.05) is 40.2 Å². The fraction of sp³-hybridized carbons (Fsp3) is 0.278. The van der Waals surface area contributed by atoms with Gasteiger partial charge in [0.2, 0.25) is 5.91 Å². The Hall–Kier alpha value is -1.65. The van der Waals surface area contributed by atoms with E-state index in [4.69, 9.17) is 0 Å². The van der Waals surface area contributed by atoms with E-state index < -0.39 is 0 Å². The summed E-state index contributed by atoms with van der Waals surface area (Å²) in [6.07, 6.45) is 0.906. The molecule has 0 bridgehead atoms. The van der Waals surface area contributed by atoms with E-state index in [1.807, 2.05) is 29.2 Å². The topological polar surface area (TPSA) is 23.6 Å². The summed E-state index contributed by atoms with van der Waals surface area (Å²) < 4.78 is 1.04. The highest BCUT2D eigenvalue weighted by Crippen LogP contribution is 2.31. The van der Waals surface area contributed by atoms with Crippen molar-refractivity contribution in [3.63, 3.8) is 0 Å². The van der Waals surface area contributed by atoms with E-state index in [1.165, 1.54) is 11.1 Å². The van der Waals surface area contributed by atoms with Crippen LogP contribution in [0.5, 0.6) is 0 Å². The molecule has 2 aliphatic heterocycles. The summed E-state index contributed by atoms with van der Waals surface area (Å²) in [4.78, 5) is 17.0. The van der Waals surface area contributed by atoms with E-state index >= 15 is 0 Å². The molecule has 1 unspecified atom stereocenters. The first-order valence-electron chi connectivity index (χ1n) is 7.60. The molecule has 3 nitrogen and oxygen atoms in total. The van der Waals surface area contributed by atoms with Crippen LogP contribution in [0.3, 0.4) is 0 Å². The predicted octanol–water partition coefficient (Wildman–Crippen LogP) is 3.57. The molecular weight excluding hydrogens is 340 g/mol. The van der Waals surface area contributed by atoms with Crippen molar-refractivity contribution >= 4 is 27.5 Å². The second-order valence-electron chi connectivity index (χ2n) is 5.94. The zero-order valence-corrected chi connectivity index (χ0v) is 13.8. The second-order valence-corrected chi connectivity index (χ2v) is 6.86. The Labute approximate surface area is 138 Å². The number of nitrogens with zero attached hydrogens (tertiary/aromatic N) is 2.